The zero-order valence-electron chi connectivity index (χ0n) is 7.41. The van der Waals surface area contributed by atoms with E-state index in [1.807, 2.05) is 24.3 Å². The van der Waals surface area contributed by atoms with Gasteiger partial charge in [-0.25, -0.2) is 0 Å². The molecule has 1 saturated heterocycles. The quantitative estimate of drug-likeness (QED) is 0.690. The topological polar surface area (TPSA) is 38.3 Å². The molecule has 1 N–H and O–H groups in total. The molecule has 0 aliphatic carbocycles. The lowest BCUT2D eigenvalue weighted by Crippen LogP contribution is -2.41. The Morgan fingerprint density at radius 2 is 2.15 bits per heavy atom. The van der Waals surface area contributed by atoms with Crippen LogP contribution in [-0.2, 0) is 4.79 Å². The van der Waals surface area contributed by atoms with Crippen LogP contribution in [0.25, 0.3) is 0 Å². The monoisotopic (exact) mass is 177 g/mol. The van der Waals surface area contributed by atoms with E-state index in [0.717, 1.165) is 11.3 Å². The molecular weight excluding hydrogens is 166 g/mol. The van der Waals surface area contributed by atoms with Crippen molar-refractivity contribution in [3.8, 4) is 5.75 Å². The average Bonchev–Trinajstić information content (AvgIpc) is 2.13. The van der Waals surface area contributed by atoms with Crippen molar-refractivity contribution in [2.75, 3.05) is 7.11 Å². The summed E-state index contributed by atoms with van der Waals surface area (Å²) in [5, 5.41) is 2.81. The Morgan fingerprint density at radius 3 is 2.77 bits per heavy atom. The number of amides is 1. The zero-order valence-corrected chi connectivity index (χ0v) is 7.41. The summed E-state index contributed by atoms with van der Waals surface area (Å²) in [4.78, 5) is 10.7. The second-order valence-corrected chi connectivity index (χ2v) is 3.07. The van der Waals surface area contributed by atoms with Gasteiger partial charge in [-0.05, 0) is 6.07 Å². The second-order valence-electron chi connectivity index (χ2n) is 3.07. The lowest BCUT2D eigenvalue weighted by molar-refractivity contribution is -0.128. The van der Waals surface area contributed by atoms with Crippen LogP contribution in [0.1, 0.15) is 18.0 Å². The van der Waals surface area contributed by atoms with E-state index in [0.29, 0.717) is 6.42 Å². The van der Waals surface area contributed by atoms with Gasteiger partial charge in [-0.15, -0.1) is 0 Å². The highest BCUT2D eigenvalue weighted by molar-refractivity contribution is 5.83. The number of benzene rings is 1. The second kappa shape index (κ2) is 3.09. The smallest absolute Gasteiger partial charge is 0.222 e. The van der Waals surface area contributed by atoms with Crippen LogP contribution in [0.5, 0.6) is 5.75 Å². The molecule has 1 aliphatic rings. The molecule has 13 heavy (non-hydrogen) atoms. The first-order valence-corrected chi connectivity index (χ1v) is 4.23. The SMILES string of the molecule is COc1ccccc1[C@H]1CC(=O)N1. The van der Waals surface area contributed by atoms with Crippen molar-refractivity contribution in [1.29, 1.82) is 0 Å². The van der Waals surface area contributed by atoms with Gasteiger partial charge in [-0.1, -0.05) is 18.2 Å². The fourth-order valence-electron chi connectivity index (χ4n) is 1.50. The molecule has 0 spiro atoms. The third-order valence-electron chi connectivity index (χ3n) is 2.24. The van der Waals surface area contributed by atoms with Crippen LogP contribution in [0.15, 0.2) is 24.3 Å². The Labute approximate surface area is 76.7 Å². The third-order valence-corrected chi connectivity index (χ3v) is 2.24. The van der Waals surface area contributed by atoms with E-state index in [4.69, 9.17) is 4.74 Å². The Morgan fingerprint density at radius 1 is 1.46 bits per heavy atom. The highest BCUT2D eigenvalue weighted by Crippen LogP contribution is 2.30. The molecular formula is C10H11NO2. The molecule has 1 aromatic rings. The maximum atomic E-state index is 10.7. The molecule has 3 nitrogen and oxygen atoms in total. The average molecular weight is 177 g/mol. The first kappa shape index (κ1) is 8.10. The van der Waals surface area contributed by atoms with Gasteiger partial charge >= 0.3 is 0 Å². The largest absolute Gasteiger partial charge is 0.496 e. The molecule has 1 aromatic carbocycles. The summed E-state index contributed by atoms with van der Waals surface area (Å²) in [6.07, 6.45) is 0.570. The van der Waals surface area contributed by atoms with E-state index in [1.165, 1.54) is 0 Å². The van der Waals surface area contributed by atoms with Crippen molar-refractivity contribution in [3.05, 3.63) is 29.8 Å². The van der Waals surface area contributed by atoms with Gasteiger partial charge in [0, 0.05) is 5.56 Å². The van der Waals surface area contributed by atoms with Crippen LogP contribution < -0.4 is 10.1 Å². The number of rotatable bonds is 2. The minimum Gasteiger partial charge on any atom is -0.496 e. The van der Waals surface area contributed by atoms with E-state index in [2.05, 4.69) is 5.32 Å². The van der Waals surface area contributed by atoms with Crippen molar-refractivity contribution in [2.45, 2.75) is 12.5 Å². The van der Waals surface area contributed by atoms with Gasteiger partial charge in [-0.3, -0.25) is 4.79 Å². The molecule has 0 aromatic heterocycles. The van der Waals surface area contributed by atoms with Crippen LogP contribution in [0, 0.1) is 0 Å². The number of β-lactam (4-membered cyclic amide) rings is 1. The number of methoxy groups -OCH3 is 1. The van der Waals surface area contributed by atoms with Crippen molar-refractivity contribution in [3.63, 3.8) is 0 Å². The van der Waals surface area contributed by atoms with Crippen molar-refractivity contribution in [1.82, 2.24) is 5.32 Å². The Kier molecular flexibility index (Phi) is 1.93. The van der Waals surface area contributed by atoms with Gasteiger partial charge in [0.05, 0.1) is 19.6 Å². The summed E-state index contributed by atoms with van der Waals surface area (Å²) < 4.78 is 5.19. The molecule has 68 valence electrons. The van der Waals surface area contributed by atoms with Gasteiger partial charge in [0.25, 0.3) is 0 Å². The minimum absolute atomic E-state index is 0.107. The molecule has 1 amide bonds. The summed E-state index contributed by atoms with van der Waals surface area (Å²) in [7, 11) is 1.64. The van der Waals surface area contributed by atoms with Gasteiger partial charge in [0.1, 0.15) is 5.75 Å². The summed E-state index contributed by atoms with van der Waals surface area (Å²) in [6.45, 7) is 0. The van der Waals surface area contributed by atoms with Gasteiger partial charge in [0.2, 0.25) is 5.91 Å². The minimum atomic E-state index is 0.107. The van der Waals surface area contributed by atoms with E-state index < -0.39 is 0 Å². The molecule has 1 heterocycles. The maximum absolute atomic E-state index is 10.7. The van der Waals surface area contributed by atoms with Crippen molar-refractivity contribution >= 4 is 5.91 Å². The molecule has 0 bridgehead atoms. The van der Waals surface area contributed by atoms with Gasteiger partial charge in [-0.2, -0.15) is 0 Å². The van der Waals surface area contributed by atoms with Crippen molar-refractivity contribution in [2.24, 2.45) is 0 Å². The summed E-state index contributed by atoms with van der Waals surface area (Å²) in [6, 6.07) is 7.89. The fourth-order valence-corrected chi connectivity index (χ4v) is 1.50. The Hall–Kier alpha value is -1.51. The molecule has 1 fully saturated rings. The normalized spacial score (nSPS) is 20.4. The fraction of sp³-hybridized carbons (Fsp3) is 0.300. The molecule has 1 aliphatic heterocycles. The van der Waals surface area contributed by atoms with Crippen LogP contribution in [-0.4, -0.2) is 13.0 Å². The third kappa shape index (κ3) is 1.37. The number of hydrogen-bond acceptors (Lipinski definition) is 2. The number of carbonyl (C=O) groups is 1. The van der Waals surface area contributed by atoms with Crippen molar-refractivity contribution < 1.29 is 9.53 Å². The summed E-state index contributed by atoms with van der Waals surface area (Å²) in [5.74, 6) is 0.948. The Bertz CT molecular complexity index is 327. The molecule has 0 unspecified atom stereocenters. The first-order chi connectivity index (χ1) is 6.31. The highest BCUT2D eigenvalue weighted by atomic mass is 16.5. The predicted octanol–water partition coefficient (Wildman–Crippen LogP) is 1.26. The molecule has 0 radical (unpaired) electrons. The van der Waals surface area contributed by atoms with Crippen LogP contribution >= 0.6 is 0 Å². The summed E-state index contributed by atoms with van der Waals surface area (Å²) >= 11 is 0. The number of nitrogens with one attached hydrogen (secondary N) is 1. The van der Waals surface area contributed by atoms with Crippen LogP contribution in [0.3, 0.4) is 0 Å². The van der Waals surface area contributed by atoms with E-state index in [1.54, 1.807) is 7.11 Å². The molecule has 0 saturated carbocycles. The predicted molar refractivity (Wildman–Crippen MR) is 48.5 cm³/mol. The molecule has 3 heteroatoms. The Balaban J connectivity index is 2.24. The number of carbonyl (C=O) groups excluding carboxylic acids is 1. The van der Waals surface area contributed by atoms with E-state index in [9.17, 15) is 4.79 Å². The first-order valence-electron chi connectivity index (χ1n) is 4.23. The number of ether oxygens (including phenoxy) is 1. The standard InChI is InChI=1S/C10H11NO2/c1-13-9-5-3-2-4-7(9)8-6-10(12)11-8/h2-5,8H,6H2,1H3,(H,11,12)/t8-/m1/s1. The number of hydrogen-bond donors (Lipinski definition) is 1. The van der Waals surface area contributed by atoms with Gasteiger partial charge in [0.15, 0.2) is 0 Å². The van der Waals surface area contributed by atoms with E-state index in [-0.39, 0.29) is 11.9 Å². The summed E-state index contributed by atoms with van der Waals surface area (Å²) in [5.41, 5.74) is 1.06. The van der Waals surface area contributed by atoms with Gasteiger partial charge < -0.3 is 10.1 Å². The number of para-hydroxylation sites is 1. The lowest BCUT2D eigenvalue weighted by Gasteiger charge is -2.28. The maximum Gasteiger partial charge on any atom is 0.222 e. The lowest BCUT2D eigenvalue weighted by atomic mass is 9.96. The van der Waals surface area contributed by atoms with E-state index >= 15 is 0 Å². The molecule has 2 rings (SSSR count). The van der Waals surface area contributed by atoms with Crippen LogP contribution in [0.4, 0.5) is 0 Å². The zero-order chi connectivity index (χ0) is 9.26. The molecule has 1 atom stereocenters. The van der Waals surface area contributed by atoms with Crippen LogP contribution in [0.2, 0.25) is 0 Å². The highest BCUT2D eigenvalue weighted by Gasteiger charge is 2.28.